The van der Waals surface area contributed by atoms with Crippen LogP contribution in [0.15, 0.2) is 33.5 Å². The van der Waals surface area contributed by atoms with E-state index in [-0.39, 0.29) is 17.0 Å². The van der Waals surface area contributed by atoms with E-state index in [1.54, 1.807) is 18.2 Å². The second kappa shape index (κ2) is 5.32. The molecule has 0 saturated carbocycles. The minimum Gasteiger partial charge on any atom is -0.493 e. The summed E-state index contributed by atoms with van der Waals surface area (Å²) in [6.45, 7) is 0.358. The van der Waals surface area contributed by atoms with E-state index in [1.807, 2.05) is 6.07 Å². The van der Waals surface area contributed by atoms with Crippen LogP contribution in [0.3, 0.4) is 0 Å². The number of aromatic amines is 1. The molecule has 2 aromatic rings. The van der Waals surface area contributed by atoms with Crippen LogP contribution >= 0.6 is 15.9 Å². The van der Waals surface area contributed by atoms with Crippen molar-refractivity contribution in [1.29, 1.82) is 0 Å². The first-order valence-corrected chi connectivity index (χ1v) is 6.20. The number of rotatable bonds is 3. The van der Waals surface area contributed by atoms with Crippen molar-refractivity contribution in [2.24, 2.45) is 5.73 Å². The molecule has 0 radical (unpaired) electrons. The molecule has 0 aliphatic carbocycles. The largest absolute Gasteiger partial charge is 0.493 e. The van der Waals surface area contributed by atoms with Crippen LogP contribution in [0.2, 0.25) is 0 Å². The van der Waals surface area contributed by atoms with Gasteiger partial charge >= 0.3 is 0 Å². The van der Waals surface area contributed by atoms with Crippen LogP contribution in [0, 0.1) is 0 Å². The summed E-state index contributed by atoms with van der Waals surface area (Å²) < 4.78 is 0.721. The summed E-state index contributed by atoms with van der Waals surface area (Å²) >= 11 is 3.34. The highest BCUT2D eigenvalue weighted by Crippen LogP contribution is 2.29. The Labute approximate surface area is 112 Å². The second-order valence-corrected chi connectivity index (χ2v) is 4.58. The molecule has 0 fully saturated rings. The zero-order chi connectivity index (χ0) is 13.1. The van der Waals surface area contributed by atoms with Gasteiger partial charge in [0, 0.05) is 16.5 Å². The predicted octanol–water partition coefficient (Wildman–Crippen LogP) is 1.41. The molecule has 6 heteroatoms. The molecule has 0 bridgehead atoms. The highest BCUT2D eigenvalue weighted by atomic mass is 79.9. The van der Waals surface area contributed by atoms with Gasteiger partial charge in [0.15, 0.2) is 0 Å². The fraction of sp³-hybridized carbons (Fsp3) is 0.167. The number of nitrogens with zero attached hydrogens (tertiary/aromatic N) is 1. The van der Waals surface area contributed by atoms with Gasteiger partial charge in [0.25, 0.3) is 5.56 Å². The molecule has 0 spiro atoms. The lowest BCUT2D eigenvalue weighted by molar-refractivity contribution is 0.450. The summed E-state index contributed by atoms with van der Waals surface area (Å²) in [5.41, 5.74) is 5.76. The number of H-pyrrole nitrogens is 1. The fourth-order valence-electron chi connectivity index (χ4n) is 1.67. The molecule has 1 aromatic heterocycles. The Kier molecular flexibility index (Phi) is 3.78. The van der Waals surface area contributed by atoms with Crippen molar-refractivity contribution in [3.8, 4) is 17.0 Å². The van der Waals surface area contributed by atoms with E-state index in [0.29, 0.717) is 24.4 Å². The standard InChI is InChI=1S/C12H12BrN3O2/c13-8-4-2-1-3-7(8)10-11(17)15-9(5-6-14)16-12(10)18/h1-4H,5-6,14H2,(H2,15,16,17,18). The molecule has 18 heavy (non-hydrogen) atoms. The van der Waals surface area contributed by atoms with E-state index >= 15 is 0 Å². The molecule has 0 saturated heterocycles. The van der Waals surface area contributed by atoms with E-state index in [0.717, 1.165) is 4.47 Å². The number of hydrogen-bond donors (Lipinski definition) is 3. The maximum atomic E-state index is 12.0. The lowest BCUT2D eigenvalue weighted by Gasteiger charge is -2.07. The number of halogens is 1. The van der Waals surface area contributed by atoms with Crippen molar-refractivity contribution in [2.75, 3.05) is 6.54 Å². The molecular weight excluding hydrogens is 298 g/mol. The third-order valence-electron chi connectivity index (χ3n) is 2.47. The number of aromatic hydroxyl groups is 1. The number of benzene rings is 1. The molecule has 0 aliphatic rings. The first-order valence-electron chi connectivity index (χ1n) is 5.40. The fourth-order valence-corrected chi connectivity index (χ4v) is 2.15. The van der Waals surface area contributed by atoms with Crippen LogP contribution in [-0.4, -0.2) is 21.6 Å². The quantitative estimate of drug-likeness (QED) is 0.799. The van der Waals surface area contributed by atoms with Gasteiger partial charge in [0.05, 0.1) is 0 Å². The first kappa shape index (κ1) is 12.8. The van der Waals surface area contributed by atoms with E-state index < -0.39 is 0 Å². The number of aromatic nitrogens is 2. The van der Waals surface area contributed by atoms with Crippen molar-refractivity contribution in [3.05, 3.63) is 44.9 Å². The zero-order valence-electron chi connectivity index (χ0n) is 9.48. The van der Waals surface area contributed by atoms with Crippen LogP contribution in [0.25, 0.3) is 11.1 Å². The average Bonchev–Trinajstić information content (AvgIpc) is 2.31. The van der Waals surface area contributed by atoms with Gasteiger partial charge in [0.1, 0.15) is 11.4 Å². The maximum absolute atomic E-state index is 12.0. The van der Waals surface area contributed by atoms with E-state index in [2.05, 4.69) is 25.9 Å². The molecule has 5 nitrogen and oxygen atoms in total. The highest BCUT2D eigenvalue weighted by molar-refractivity contribution is 9.10. The van der Waals surface area contributed by atoms with Crippen LogP contribution in [-0.2, 0) is 6.42 Å². The second-order valence-electron chi connectivity index (χ2n) is 3.73. The van der Waals surface area contributed by atoms with Crippen molar-refractivity contribution in [2.45, 2.75) is 6.42 Å². The summed E-state index contributed by atoms with van der Waals surface area (Å²) in [6.07, 6.45) is 0.416. The lowest BCUT2D eigenvalue weighted by Crippen LogP contribution is -2.16. The van der Waals surface area contributed by atoms with Crippen molar-refractivity contribution < 1.29 is 5.11 Å². The Morgan fingerprint density at radius 1 is 1.39 bits per heavy atom. The van der Waals surface area contributed by atoms with E-state index in [4.69, 9.17) is 5.73 Å². The topological polar surface area (TPSA) is 92.0 Å². The van der Waals surface area contributed by atoms with Crippen molar-refractivity contribution in [1.82, 2.24) is 9.97 Å². The van der Waals surface area contributed by atoms with Gasteiger partial charge in [0.2, 0.25) is 5.88 Å². The molecule has 0 amide bonds. The molecule has 0 unspecified atom stereocenters. The van der Waals surface area contributed by atoms with Gasteiger partial charge in [-0.25, -0.2) is 0 Å². The summed E-state index contributed by atoms with van der Waals surface area (Å²) in [6, 6.07) is 7.14. The summed E-state index contributed by atoms with van der Waals surface area (Å²) in [5.74, 6) is 0.102. The minimum absolute atomic E-state index is 0.156. The number of nitrogens with one attached hydrogen (secondary N) is 1. The third-order valence-corrected chi connectivity index (χ3v) is 3.17. The average molecular weight is 310 g/mol. The van der Waals surface area contributed by atoms with Crippen LogP contribution in [0.5, 0.6) is 5.88 Å². The molecule has 0 atom stereocenters. The van der Waals surface area contributed by atoms with Gasteiger partial charge in [-0.05, 0) is 12.6 Å². The van der Waals surface area contributed by atoms with Gasteiger partial charge in [-0.3, -0.25) is 4.79 Å². The Hall–Kier alpha value is -1.66. The monoisotopic (exact) mass is 309 g/mol. The van der Waals surface area contributed by atoms with Crippen LogP contribution in [0.1, 0.15) is 5.82 Å². The predicted molar refractivity (Wildman–Crippen MR) is 72.4 cm³/mol. The molecule has 0 aliphatic heterocycles. The van der Waals surface area contributed by atoms with Gasteiger partial charge in [-0.1, -0.05) is 34.1 Å². The molecule has 4 N–H and O–H groups in total. The minimum atomic E-state index is -0.377. The number of hydrogen-bond acceptors (Lipinski definition) is 4. The lowest BCUT2D eigenvalue weighted by atomic mass is 10.1. The summed E-state index contributed by atoms with van der Waals surface area (Å²) in [4.78, 5) is 18.5. The van der Waals surface area contributed by atoms with E-state index in [1.165, 1.54) is 0 Å². The molecule has 2 rings (SSSR count). The van der Waals surface area contributed by atoms with Crippen LogP contribution in [0.4, 0.5) is 0 Å². The molecule has 1 aromatic carbocycles. The SMILES string of the molecule is NCCc1nc(O)c(-c2ccccc2Br)c(=O)[nH]1. The van der Waals surface area contributed by atoms with Crippen LogP contribution < -0.4 is 11.3 Å². The Morgan fingerprint density at radius 3 is 2.72 bits per heavy atom. The third kappa shape index (κ3) is 2.44. The highest BCUT2D eigenvalue weighted by Gasteiger charge is 2.14. The van der Waals surface area contributed by atoms with Crippen molar-refractivity contribution >= 4 is 15.9 Å². The Morgan fingerprint density at radius 2 is 2.11 bits per heavy atom. The summed E-state index contributed by atoms with van der Waals surface area (Å²) in [7, 11) is 0. The Balaban J connectivity index is 2.60. The maximum Gasteiger partial charge on any atom is 0.262 e. The van der Waals surface area contributed by atoms with Crippen molar-refractivity contribution in [3.63, 3.8) is 0 Å². The van der Waals surface area contributed by atoms with Gasteiger partial charge in [-0.2, -0.15) is 4.98 Å². The zero-order valence-corrected chi connectivity index (χ0v) is 11.1. The van der Waals surface area contributed by atoms with E-state index in [9.17, 15) is 9.90 Å². The van der Waals surface area contributed by atoms with Gasteiger partial charge < -0.3 is 15.8 Å². The summed E-state index contributed by atoms with van der Waals surface area (Å²) in [5, 5.41) is 9.88. The van der Waals surface area contributed by atoms with Gasteiger partial charge in [-0.15, -0.1) is 0 Å². The molecule has 1 heterocycles. The first-order chi connectivity index (χ1) is 8.63. The molecular formula is C12H12BrN3O2. The normalized spacial score (nSPS) is 10.6. The smallest absolute Gasteiger partial charge is 0.262 e. The number of nitrogens with two attached hydrogens (primary N) is 1. The Bertz CT molecular complexity index is 625. The molecule has 94 valence electrons.